The zero-order valence-corrected chi connectivity index (χ0v) is 16.2. The first kappa shape index (κ1) is 18.2. The molecule has 0 N–H and O–H groups in total. The van der Waals surface area contributed by atoms with E-state index < -0.39 is 5.97 Å². The predicted octanol–water partition coefficient (Wildman–Crippen LogP) is 4.67. The molecule has 0 aliphatic heterocycles. The summed E-state index contributed by atoms with van der Waals surface area (Å²) in [6.07, 6.45) is 5.15. The number of carbonyl (C=O) groups excluding carboxylic acids is 1. The molecule has 3 heterocycles. The summed E-state index contributed by atoms with van der Waals surface area (Å²) in [7, 11) is 0. The standard InChI is InChI=1S/C21H17N3O3S/c1-13-17(20(28-2)24-19(23-13)16-9-5-11-26-16)21(25)27-12-15-7-3-6-14-8-4-10-22-18(14)15/h3-11H,12H2,1-2H3. The zero-order chi connectivity index (χ0) is 19.5. The summed E-state index contributed by atoms with van der Waals surface area (Å²) in [6.45, 7) is 1.89. The molecule has 0 amide bonds. The lowest BCUT2D eigenvalue weighted by Crippen LogP contribution is -2.12. The van der Waals surface area contributed by atoms with E-state index in [2.05, 4.69) is 15.0 Å². The number of aryl methyl sites for hydroxylation is 1. The van der Waals surface area contributed by atoms with Gasteiger partial charge in [-0.3, -0.25) is 4.98 Å². The van der Waals surface area contributed by atoms with Crippen LogP contribution >= 0.6 is 11.8 Å². The van der Waals surface area contributed by atoms with Crippen LogP contribution in [0.1, 0.15) is 21.6 Å². The summed E-state index contributed by atoms with van der Waals surface area (Å²) < 4.78 is 10.9. The lowest BCUT2D eigenvalue weighted by atomic mass is 10.1. The Morgan fingerprint density at radius 3 is 2.79 bits per heavy atom. The van der Waals surface area contributed by atoms with Gasteiger partial charge in [-0.15, -0.1) is 11.8 Å². The molecular formula is C21H17N3O3S. The summed E-state index contributed by atoms with van der Waals surface area (Å²) in [6, 6.07) is 13.2. The maximum atomic E-state index is 12.8. The normalized spacial score (nSPS) is 10.9. The van der Waals surface area contributed by atoms with Crippen molar-refractivity contribution in [3.05, 3.63) is 71.7 Å². The molecule has 0 saturated heterocycles. The lowest BCUT2D eigenvalue weighted by Gasteiger charge is -2.12. The van der Waals surface area contributed by atoms with Gasteiger partial charge in [0, 0.05) is 17.1 Å². The smallest absolute Gasteiger partial charge is 0.343 e. The maximum absolute atomic E-state index is 12.8. The molecule has 140 valence electrons. The second-order valence-electron chi connectivity index (χ2n) is 6.06. The fraction of sp³-hybridized carbons (Fsp3) is 0.143. The van der Waals surface area contributed by atoms with Crippen molar-refractivity contribution in [3.8, 4) is 11.6 Å². The van der Waals surface area contributed by atoms with Crippen molar-refractivity contribution in [3.63, 3.8) is 0 Å². The summed E-state index contributed by atoms with van der Waals surface area (Å²) in [5.41, 5.74) is 2.59. The van der Waals surface area contributed by atoms with Gasteiger partial charge in [0.2, 0.25) is 0 Å². The van der Waals surface area contributed by atoms with Gasteiger partial charge in [-0.2, -0.15) is 0 Å². The zero-order valence-electron chi connectivity index (χ0n) is 15.4. The molecule has 0 aliphatic carbocycles. The number of thioether (sulfide) groups is 1. The van der Waals surface area contributed by atoms with E-state index in [-0.39, 0.29) is 6.61 Å². The van der Waals surface area contributed by atoms with Crippen LogP contribution < -0.4 is 0 Å². The topological polar surface area (TPSA) is 78.1 Å². The molecule has 0 fully saturated rings. The average Bonchev–Trinajstić information content (AvgIpc) is 3.26. The van der Waals surface area contributed by atoms with Crippen LogP contribution in [0.15, 0.2) is 64.4 Å². The molecule has 0 radical (unpaired) electrons. The van der Waals surface area contributed by atoms with E-state index in [4.69, 9.17) is 9.15 Å². The lowest BCUT2D eigenvalue weighted by molar-refractivity contribution is 0.0467. The van der Waals surface area contributed by atoms with Gasteiger partial charge in [0.25, 0.3) is 0 Å². The molecule has 0 unspecified atom stereocenters. The monoisotopic (exact) mass is 391 g/mol. The van der Waals surface area contributed by atoms with Crippen LogP contribution in [0.25, 0.3) is 22.5 Å². The van der Waals surface area contributed by atoms with Gasteiger partial charge in [-0.05, 0) is 31.4 Å². The maximum Gasteiger partial charge on any atom is 0.343 e. The van der Waals surface area contributed by atoms with Gasteiger partial charge in [0.05, 0.1) is 17.5 Å². The Bertz CT molecular complexity index is 1140. The summed E-state index contributed by atoms with van der Waals surface area (Å²) in [5.74, 6) is 0.544. The van der Waals surface area contributed by atoms with Crippen LogP contribution in [0.2, 0.25) is 0 Å². The first-order valence-corrected chi connectivity index (χ1v) is 9.86. The van der Waals surface area contributed by atoms with Crippen molar-refractivity contribution >= 4 is 28.6 Å². The SMILES string of the molecule is CSc1nc(-c2ccco2)nc(C)c1C(=O)OCc1cccc2cccnc12. The van der Waals surface area contributed by atoms with E-state index >= 15 is 0 Å². The fourth-order valence-corrected chi connectivity index (χ4v) is 3.56. The Balaban J connectivity index is 1.61. The van der Waals surface area contributed by atoms with Crippen molar-refractivity contribution in [2.24, 2.45) is 0 Å². The highest BCUT2D eigenvalue weighted by Crippen LogP contribution is 2.26. The van der Waals surface area contributed by atoms with Gasteiger partial charge in [-0.25, -0.2) is 14.8 Å². The second-order valence-corrected chi connectivity index (χ2v) is 6.86. The molecule has 0 bridgehead atoms. The molecule has 0 saturated carbocycles. The minimum atomic E-state index is -0.458. The number of furan rings is 1. The summed E-state index contributed by atoms with van der Waals surface area (Å²) in [4.78, 5) is 26.1. The van der Waals surface area contributed by atoms with E-state index in [1.807, 2.05) is 36.6 Å². The number of rotatable bonds is 5. The molecular weight excluding hydrogens is 374 g/mol. The third-order valence-corrected chi connectivity index (χ3v) is 4.95. The first-order valence-electron chi connectivity index (χ1n) is 8.63. The van der Waals surface area contributed by atoms with Gasteiger partial charge in [0.15, 0.2) is 11.6 Å². The largest absolute Gasteiger partial charge is 0.461 e. The molecule has 28 heavy (non-hydrogen) atoms. The predicted molar refractivity (Wildman–Crippen MR) is 107 cm³/mol. The van der Waals surface area contributed by atoms with Crippen molar-refractivity contribution in [1.29, 1.82) is 0 Å². The number of para-hydroxylation sites is 1. The Morgan fingerprint density at radius 2 is 2.00 bits per heavy atom. The van der Waals surface area contributed by atoms with Crippen LogP contribution in [0.5, 0.6) is 0 Å². The van der Waals surface area contributed by atoms with Gasteiger partial charge >= 0.3 is 5.97 Å². The number of esters is 1. The Morgan fingerprint density at radius 1 is 1.14 bits per heavy atom. The van der Waals surface area contributed by atoms with E-state index in [9.17, 15) is 4.79 Å². The highest BCUT2D eigenvalue weighted by molar-refractivity contribution is 7.98. The van der Waals surface area contributed by atoms with Crippen LogP contribution in [0.3, 0.4) is 0 Å². The Labute approximate surface area is 166 Å². The van der Waals surface area contributed by atoms with Crippen LogP contribution in [-0.2, 0) is 11.3 Å². The Hall–Kier alpha value is -3.19. The number of hydrogen-bond acceptors (Lipinski definition) is 7. The van der Waals surface area contributed by atoms with Crippen LogP contribution in [0.4, 0.5) is 0 Å². The van der Waals surface area contributed by atoms with E-state index in [0.29, 0.717) is 27.9 Å². The van der Waals surface area contributed by atoms with Crippen molar-refractivity contribution in [1.82, 2.24) is 15.0 Å². The number of pyridine rings is 1. The third-order valence-electron chi connectivity index (χ3n) is 4.27. The molecule has 1 aromatic carbocycles. The molecule has 4 aromatic rings. The average molecular weight is 391 g/mol. The van der Waals surface area contributed by atoms with Gasteiger partial charge < -0.3 is 9.15 Å². The quantitative estimate of drug-likeness (QED) is 0.278. The van der Waals surface area contributed by atoms with Crippen LogP contribution in [0, 0.1) is 6.92 Å². The fourth-order valence-electron chi connectivity index (χ4n) is 2.94. The second kappa shape index (κ2) is 7.82. The van der Waals surface area contributed by atoms with E-state index in [1.165, 1.54) is 11.8 Å². The van der Waals surface area contributed by atoms with Crippen molar-refractivity contribution in [2.75, 3.05) is 6.26 Å². The molecule has 7 heteroatoms. The van der Waals surface area contributed by atoms with Crippen LogP contribution in [-0.4, -0.2) is 27.2 Å². The van der Waals surface area contributed by atoms with Crippen molar-refractivity contribution < 1.29 is 13.9 Å². The number of hydrogen-bond donors (Lipinski definition) is 0. The first-order chi connectivity index (χ1) is 13.7. The minimum Gasteiger partial charge on any atom is -0.461 e. The number of ether oxygens (including phenoxy) is 1. The van der Waals surface area contributed by atoms with Gasteiger partial charge in [-0.1, -0.05) is 24.3 Å². The highest BCUT2D eigenvalue weighted by Gasteiger charge is 2.21. The number of nitrogens with zero attached hydrogens (tertiary/aromatic N) is 3. The van der Waals surface area contributed by atoms with E-state index in [1.54, 1.807) is 31.5 Å². The molecule has 0 atom stereocenters. The van der Waals surface area contributed by atoms with E-state index in [0.717, 1.165) is 16.5 Å². The molecule has 0 aliphatic rings. The molecule has 3 aromatic heterocycles. The highest BCUT2D eigenvalue weighted by atomic mass is 32.2. The molecule has 4 rings (SSSR count). The Kier molecular flexibility index (Phi) is 5.08. The molecule has 6 nitrogen and oxygen atoms in total. The summed E-state index contributed by atoms with van der Waals surface area (Å²) in [5, 5.41) is 1.56. The number of fused-ring (bicyclic) bond motifs is 1. The number of carbonyl (C=O) groups is 1. The summed E-state index contributed by atoms with van der Waals surface area (Å²) >= 11 is 1.37. The van der Waals surface area contributed by atoms with Gasteiger partial charge in [0.1, 0.15) is 17.2 Å². The molecule has 0 spiro atoms. The third kappa shape index (κ3) is 3.48. The van der Waals surface area contributed by atoms with Crippen molar-refractivity contribution in [2.45, 2.75) is 18.6 Å². The number of benzene rings is 1. The number of aromatic nitrogens is 3. The minimum absolute atomic E-state index is 0.125.